The molecule has 1 aromatic carbocycles. The molecule has 0 unspecified atom stereocenters. The van der Waals surface area contributed by atoms with E-state index in [1.165, 1.54) is 0 Å². The number of rotatable bonds is 6. The Bertz CT molecular complexity index is 777. The molecule has 6 heteroatoms. The fourth-order valence-corrected chi connectivity index (χ4v) is 2.62. The molecule has 0 aliphatic heterocycles. The predicted octanol–water partition coefficient (Wildman–Crippen LogP) is 3.88. The van der Waals surface area contributed by atoms with Gasteiger partial charge in [-0.05, 0) is 44.5 Å². The van der Waals surface area contributed by atoms with Gasteiger partial charge in [-0.3, -0.25) is 4.79 Å². The first-order chi connectivity index (χ1) is 12.0. The molecule has 0 radical (unpaired) electrons. The van der Waals surface area contributed by atoms with Crippen molar-refractivity contribution >= 4 is 23.5 Å². The zero-order valence-corrected chi connectivity index (χ0v) is 15.3. The van der Waals surface area contributed by atoms with Crippen molar-refractivity contribution in [3.8, 4) is 0 Å². The van der Waals surface area contributed by atoms with Crippen LogP contribution in [0.3, 0.4) is 0 Å². The van der Waals surface area contributed by atoms with E-state index in [1.807, 2.05) is 25.1 Å². The molecule has 0 aliphatic carbocycles. The number of aryl methyl sites for hydroxylation is 1. The van der Waals surface area contributed by atoms with Crippen molar-refractivity contribution in [1.29, 1.82) is 0 Å². The first-order valence-corrected chi connectivity index (χ1v) is 8.53. The highest BCUT2D eigenvalue weighted by atomic mass is 35.5. The van der Waals surface area contributed by atoms with Crippen LogP contribution in [0.4, 0.5) is 0 Å². The fraction of sp³-hybridized carbons (Fsp3) is 0.316. The van der Waals surface area contributed by atoms with E-state index in [-0.39, 0.29) is 5.91 Å². The Hall–Kier alpha value is -2.40. The lowest BCUT2D eigenvalue weighted by Gasteiger charge is -2.21. The van der Waals surface area contributed by atoms with Gasteiger partial charge in [-0.2, -0.15) is 0 Å². The summed E-state index contributed by atoms with van der Waals surface area (Å²) < 4.78 is 4.98. The molecule has 0 aliphatic rings. The highest BCUT2D eigenvalue weighted by molar-refractivity contribution is 6.31. The van der Waals surface area contributed by atoms with E-state index >= 15 is 0 Å². The molecule has 2 rings (SSSR count). The van der Waals surface area contributed by atoms with Crippen LogP contribution >= 0.6 is 11.6 Å². The summed E-state index contributed by atoms with van der Waals surface area (Å²) in [5.74, 6) is -0.643. The largest absolute Gasteiger partial charge is 0.462 e. The van der Waals surface area contributed by atoms with E-state index in [2.05, 4.69) is 4.98 Å². The lowest BCUT2D eigenvalue weighted by Crippen LogP contribution is -2.31. The number of hydrogen-bond acceptors (Lipinski definition) is 4. The molecule has 0 saturated carbocycles. The monoisotopic (exact) mass is 360 g/mol. The minimum atomic E-state index is -0.435. The van der Waals surface area contributed by atoms with Gasteiger partial charge in [0.25, 0.3) is 5.91 Å². The van der Waals surface area contributed by atoms with Crippen LogP contribution in [0.5, 0.6) is 0 Å². The van der Waals surface area contributed by atoms with Gasteiger partial charge < -0.3 is 9.64 Å². The van der Waals surface area contributed by atoms with Crippen LogP contribution in [0.25, 0.3) is 0 Å². The Kier molecular flexibility index (Phi) is 6.53. The van der Waals surface area contributed by atoms with Gasteiger partial charge in [-0.15, -0.1) is 0 Å². The number of pyridine rings is 1. The third kappa shape index (κ3) is 4.57. The number of amides is 1. The smallest absolute Gasteiger partial charge is 0.339 e. The molecule has 0 saturated heterocycles. The number of ether oxygens (including phenoxy) is 1. The van der Waals surface area contributed by atoms with Gasteiger partial charge in [0.2, 0.25) is 0 Å². The number of hydrogen-bond donors (Lipinski definition) is 0. The molecule has 0 fully saturated rings. The number of benzene rings is 1. The summed E-state index contributed by atoms with van der Waals surface area (Å²) in [6, 6.07) is 10.6. The van der Waals surface area contributed by atoms with E-state index in [4.69, 9.17) is 16.3 Å². The number of carbonyl (C=O) groups excluding carboxylic acids is 2. The van der Waals surface area contributed by atoms with E-state index in [1.54, 1.807) is 36.9 Å². The molecule has 0 spiro atoms. The predicted molar refractivity (Wildman–Crippen MR) is 96.8 cm³/mol. The lowest BCUT2D eigenvalue weighted by atomic mass is 10.1. The van der Waals surface area contributed by atoms with Crippen molar-refractivity contribution in [3.05, 3.63) is 63.9 Å². The van der Waals surface area contributed by atoms with Gasteiger partial charge in [-0.25, -0.2) is 9.78 Å². The van der Waals surface area contributed by atoms with Crippen LogP contribution < -0.4 is 0 Å². The summed E-state index contributed by atoms with van der Waals surface area (Å²) in [6.07, 6.45) is 0. The SMILES string of the molecule is CCOC(=O)c1ccc(C(=O)N(CC)Cc2ccccc2Cl)nc1C. The van der Waals surface area contributed by atoms with Gasteiger partial charge >= 0.3 is 5.97 Å². The summed E-state index contributed by atoms with van der Waals surface area (Å²) in [7, 11) is 0. The minimum absolute atomic E-state index is 0.207. The summed E-state index contributed by atoms with van der Waals surface area (Å²) in [6.45, 7) is 6.54. The fourth-order valence-electron chi connectivity index (χ4n) is 2.43. The maximum Gasteiger partial charge on any atom is 0.339 e. The molecular weight excluding hydrogens is 340 g/mol. The highest BCUT2D eigenvalue weighted by Crippen LogP contribution is 2.18. The molecule has 0 bridgehead atoms. The zero-order valence-electron chi connectivity index (χ0n) is 14.6. The first kappa shape index (κ1) is 18.9. The number of nitrogens with zero attached hydrogens (tertiary/aromatic N) is 2. The van der Waals surface area contributed by atoms with Crippen LogP contribution in [0.2, 0.25) is 5.02 Å². The summed E-state index contributed by atoms with van der Waals surface area (Å²) in [4.78, 5) is 30.5. The highest BCUT2D eigenvalue weighted by Gasteiger charge is 2.19. The van der Waals surface area contributed by atoms with Crippen molar-refractivity contribution in [1.82, 2.24) is 9.88 Å². The Morgan fingerprint density at radius 3 is 2.48 bits per heavy atom. The minimum Gasteiger partial charge on any atom is -0.462 e. The average Bonchev–Trinajstić information content (AvgIpc) is 2.60. The van der Waals surface area contributed by atoms with Crippen LogP contribution in [0.15, 0.2) is 36.4 Å². The second kappa shape index (κ2) is 8.62. The number of halogens is 1. The molecule has 132 valence electrons. The van der Waals surface area contributed by atoms with Crippen molar-refractivity contribution in [2.75, 3.05) is 13.2 Å². The molecule has 1 heterocycles. The summed E-state index contributed by atoms with van der Waals surface area (Å²) in [5, 5.41) is 0.621. The van der Waals surface area contributed by atoms with Crippen LogP contribution in [-0.4, -0.2) is 34.9 Å². The van der Waals surface area contributed by atoms with E-state index in [0.717, 1.165) is 5.56 Å². The van der Waals surface area contributed by atoms with Crippen molar-refractivity contribution in [2.45, 2.75) is 27.3 Å². The second-order valence-corrected chi connectivity index (χ2v) is 5.87. The van der Waals surface area contributed by atoms with Gasteiger partial charge in [0.15, 0.2) is 0 Å². The summed E-state index contributed by atoms with van der Waals surface area (Å²) >= 11 is 6.18. The molecule has 25 heavy (non-hydrogen) atoms. The third-order valence-electron chi connectivity index (χ3n) is 3.79. The second-order valence-electron chi connectivity index (χ2n) is 5.46. The molecule has 0 N–H and O–H groups in total. The lowest BCUT2D eigenvalue weighted by molar-refractivity contribution is 0.0524. The van der Waals surface area contributed by atoms with Crippen molar-refractivity contribution < 1.29 is 14.3 Å². The molecule has 0 atom stereocenters. The number of aromatic nitrogens is 1. The quantitative estimate of drug-likeness (QED) is 0.733. The Labute approximate surface area is 152 Å². The molecule has 1 aromatic heterocycles. The van der Waals surface area contributed by atoms with E-state index in [9.17, 15) is 9.59 Å². The average molecular weight is 361 g/mol. The molecule has 1 amide bonds. The van der Waals surface area contributed by atoms with Crippen LogP contribution in [0.1, 0.15) is 46.0 Å². The van der Waals surface area contributed by atoms with E-state index in [0.29, 0.717) is 41.7 Å². The zero-order chi connectivity index (χ0) is 18.4. The molecular formula is C19H21ClN2O3. The van der Waals surface area contributed by atoms with Gasteiger partial charge in [0.1, 0.15) is 5.69 Å². The van der Waals surface area contributed by atoms with Gasteiger partial charge in [0.05, 0.1) is 17.9 Å². The molecule has 2 aromatic rings. The topological polar surface area (TPSA) is 59.5 Å². The van der Waals surface area contributed by atoms with E-state index < -0.39 is 5.97 Å². The third-order valence-corrected chi connectivity index (χ3v) is 4.16. The van der Waals surface area contributed by atoms with Crippen molar-refractivity contribution in [2.24, 2.45) is 0 Å². The maximum atomic E-state index is 12.8. The first-order valence-electron chi connectivity index (χ1n) is 8.15. The van der Waals surface area contributed by atoms with Crippen LogP contribution in [0, 0.1) is 6.92 Å². The number of carbonyl (C=O) groups is 2. The van der Waals surface area contributed by atoms with Crippen LogP contribution in [-0.2, 0) is 11.3 Å². The maximum absolute atomic E-state index is 12.8. The van der Waals surface area contributed by atoms with Gasteiger partial charge in [-0.1, -0.05) is 29.8 Å². The summed E-state index contributed by atoms with van der Waals surface area (Å²) in [5.41, 5.74) is 2.00. The standard InChI is InChI=1S/C19H21ClN2O3/c1-4-22(12-14-8-6-7-9-16(14)20)18(23)17-11-10-15(13(3)21-17)19(24)25-5-2/h6-11H,4-5,12H2,1-3H3. The number of esters is 1. The normalized spacial score (nSPS) is 10.4. The Balaban J connectivity index is 2.21. The Morgan fingerprint density at radius 1 is 1.16 bits per heavy atom. The van der Waals surface area contributed by atoms with Gasteiger partial charge in [0, 0.05) is 18.1 Å². The molecule has 5 nitrogen and oxygen atoms in total. The van der Waals surface area contributed by atoms with Crippen molar-refractivity contribution in [3.63, 3.8) is 0 Å². The Morgan fingerprint density at radius 2 is 1.88 bits per heavy atom.